The number of hydrogen-bond donors (Lipinski definition) is 0. The SMILES string of the molecule is COc1cc(-n2c(=O)c3ccccc3n3c(-c4ccc(Cl)cc4)nnc23)cc(OC)c1OC. The number of benzene rings is 3. The lowest BCUT2D eigenvalue weighted by atomic mass is 10.2. The van der Waals surface area contributed by atoms with E-state index in [1.807, 2.05) is 34.7 Å². The quantitative estimate of drug-likeness (QED) is 0.385. The Kier molecular flexibility index (Phi) is 5.14. The Balaban J connectivity index is 1.90. The van der Waals surface area contributed by atoms with Crippen molar-refractivity contribution in [1.29, 1.82) is 0 Å². The van der Waals surface area contributed by atoms with Crippen molar-refractivity contribution < 1.29 is 14.2 Å². The molecular weight excluding hydrogens is 444 g/mol. The van der Waals surface area contributed by atoms with E-state index in [-0.39, 0.29) is 5.56 Å². The molecule has 0 bridgehead atoms. The zero-order chi connectivity index (χ0) is 23.1. The predicted octanol–water partition coefficient (Wildman–Crippen LogP) is 4.38. The predicted molar refractivity (Wildman–Crippen MR) is 126 cm³/mol. The van der Waals surface area contributed by atoms with E-state index in [1.54, 1.807) is 30.3 Å². The van der Waals surface area contributed by atoms with Crippen LogP contribution >= 0.6 is 11.6 Å². The van der Waals surface area contributed by atoms with Gasteiger partial charge in [0.2, 0.25) is 11.5 Å². The van der Waals surface area contributed by atoms with Crippen LogP contribution in [0.4, 0.5) is 0 Å². The fourth-order valence-corrected chi connectivity index (χ4v) is 4.04. The minimum absolute atomic E-state index is 0.248. The summed E-state index contributed by atoms with van der Waals surface area (Å²) in [5.41, 5.74) is 1.76. The van der Waals surface area contributed by atoms with Gasteiger partial charge in [-0.15, -0.1) is 10.2 Å². The molecule has 0 amide bonds. The van der Waals surface area contributed by atoms with Gasteiger partial charge in [-0.25, -0.2) is 4.57 Å². The van der Waals surface area contributed by atoms with E-state index in [1.165, 1.54) is 25.9 Å². The van der Waals surface area contributed by atoms with E-state index in [4.69, 9.17) is 25.8 Å². The van der Waals surface area contributed by atoms with E-state index in [2.05, 4.69) is 10.2 Å². The summed E-state index contributed by atoms with van der Waals surface area (Å²) >= 11 is 6.07. The molecule has 0 spiro atoms. The molecule has 0 fully saturated rings. The summed E-state index contributed by atoms with van der Waals surface area (Å²) in [6.07, 6.45) is 0. The molecular formula is C24H19ClN4O4. The van der Waals surface area contributed by atoms with Crippen molar-refractivity contribution in [3.63, 3.8) is 0 Å². The highest BCUT2D eigenvalue weighted by molar-refractivity contribution is 6.30. The van der Waals surface area contributed by atoms with Gasteiger partial charge in [0.25, 0.3) is 5.56 Å². The first kappa shape index (κ1) is 20.8. The van der Waals surface area contributed by atoms with Gasteiger partial charge < -0.3 is 14.2 Å². The van der Waals surface area contributed by atoms with Gasteiger partial charge in [-0.2, -0.15) is 0 Å². The third kappa shape index (κ3) is 3.27. The number of methoxy groups -OCH3 is 3. The first-order valence-corrected chi connectivity index (χ1v) is 10.4. The van der Waals surface area contributed by atoms with Crippen molar-refractivity contribution in [2.24, 2.45) is 0 Å². The zero-order valence-corrected chi connectivity index (χ0v) is 18.8. The summed E-state index contributed by atoms with van der Waals surface area (Å²) in [6, 6.07) is 18.0. The van der Waals surface area contributed by atoms with Gasteiger partial charge in [0.15, 0.2) is 17.3 Å². The van der Waals surface area contributed by atoms with Crippen LogP contribution in [0.15, 0.2) is 65.5 Å². The average Bonchev–Trinajstić information content (AvgIpc) is 3.28. The summed E-state index contributed by atoms with van der Waals surface area (Å²) in [6.45, 7) is 0. The van der Waals surface area contributed by atoms with E-state index < -0.39 is 0 Å². The van der Waals surface area contributed by atoms with Gasteiger partial charge in [-0.3, -0.25) is 9.20 Å². The van der Waals surface area contributed by atoms with Crippen molar-refractivity contribution >= 4 is 28.3 Å². The molecule has 0 aliphatic heterocycles. The zero-order valence-electron chi connectivity index (χ0n) is 18.1. The highest BCUT2D eigenvalue weighted by Gasteiger charge is 2.21. The molecule has 0 saturated carbocycles. The van der Waals surface area contributed by atoms with Crippen LogP contribution in [0.1, 0.15) is 0 Å². The second-order valence-electron chi connectivity index (χ2n) is 7.21. The van der Waals surface area contributed by atoms with Crippen LogP contribution in [-0.4, -0.2) is 40.5 Å². The van der Waals surface area contributed by atoms with Crippen LogP contribution in [0.5, 0.6) is 17.2 Å². The highest BCUT2D eigenvalue weighted by Crippen LogP contribution is 2.39. The molecule has 0 aliphatic carbocycles. The number of fused-ring (bicyclic) bond motifs is 3. The van der Waals surface area contributed by atoms with Crippen LogP contribution < -0.4 is 19.8 Å². The third-order valence-electron chi connectivity index (χ3n) is 5.43. The van der Waals surface area contributed by atoms with Gasteiger partial charge in [0.1, 0.15) is 0 Å². The third-order valence-corrected chi connectivity index (χ3v) is 5.69. The maximum atomic E-state index is 13.6. The molecule has 5 rings (SSSR count). The van der Waals surface area contributed by atoms with E-state index >= 15 is 0 Å². The maximum absolute atomic E-state index is 13.6. The van der Waals surface area contributed by atoms with Gasteiger partial charge in [0.05, 0.1) is 37.9 Å². The second kappa shape index (κ2) is 8.14. The standard InChI is InChI=1S/C24H19ClN4O4/c1-31-19-12-16(13-20(32-2)21(19)33-3)28-23(30)17-6-4-5-7-18(17)29-22(26-27-24(28)29)14-8-10-15(25)11-9-14/h4-13H,1-3H3. The molecule has 3 aromatic carbocycles. The average molecular weight is 463 g/mol. The number of hydrogen-bond acceptors (Lipinski definition) is 6. The van der Waals surface area contributed by atoms with Crippen molar-refractivity contribution in [1.82, 2.24) is 19.2 Å². The van der Waals surface area contributed by atoms with Crippen LogP contribution in [0, 0.1) is 0 Å². The first-order valence-electron chi connectivity index (χ1n) is 10.0. The molecule has 0 N–H and O–H groups in total. The number of aromatic nitrogens is 4. The first-order chi connectivity index (χ1) is 16.1. The Morgan fingerprint density at radius 2 is 1.52 bits per heavy atom. The Bertz CT molecular complexity index is 1530. The summed E-state index contributed by atoms with van der Waals surface area (Å²) in [5.74, 6) is 2.19. The van der Waals surface area contributed by atoms with Crippen LogP contribution in [-0.2, 0) is 0 Å². The van der Waals surface area contributed by atoms with Gasteiger partial charge in [-0.05, 0) is 36.4 Å². The van der Waals surface area contributed by atoms with Crippen molar-refractivity contribution in [3.05, 3.63) is 76.0 Å². The summed E-state index contributed by atoms with van der Waals surface area (Å²) in [5, 5.41) is 9.93. The summed E-state index contributed by atoms with van der Waals surface area (Å²) < 4.78 is 19.7. The van der Waals surface area contributed by atoms with Crippen LogP contribution in [0.3, 0.4) is 0 Å². The van der Waals surface area contributed by atoms with Gasteiger partial charge in [-0.1, -0.05) is 23.7 Å². The Hall–Kier alpha value is -4.04. The lowest BCUT2D eigenvalue weighted by molar-refractivity contribution is 0.324. The highest BCUT2D eigenvalue weighted by atomic mass is 35.5. The van der Waals surface area contributed by atoms with E-state index in [0.717, 1.165) is 5.56 Å². The molecule has 0 aliphatic rings. The topological polar surface area (TPSA) is 79.9 Å². The lowest BCUT2D eigenvalue weighted by Crippen LogP contribution is -2.22. The van der Waals surface area contributed by atoms with Gasteiger partial charge in [0, 0.05) is 22.7 Å². The summed E-state index contributed by atoms with van der Waals surface area (Å²) in [7, 11) is 4.57. The van der Waals surface area contributed by atoms with Crippen LogP contribution in [0.2, 0.25) is 5.02 Å². The Labute approximate surface area is 193 Å². The molecule has 0 unspecified atom stereocenters. The molecule has 8 nitrogen and oxygen atoms in total. The minimum Gasteiger partial charge on any atom is -0.493 e. The molecule has 5 aromatic rings. The molecule has 33 heavy (non-hydrogen) atoms. The molecule has 0 radical (unpaired) electrons. The molecule has 0 saturated heterocycles. The lowest BCUT2D eigenvalue weighted by Gasteiger charge is -2.16. The van der Waals surface area contributed by atoms with Crippen LogP contribution in [0.25, 0.3) is 33.8 Å². The molecule has 2 aromatic heterocycles. The van der Waals surface area contributed by atoms with Crippen molar-refractivity contribution in [2.45, 2.75) is 0 Å². The smallest absolute Gasteiger partial charge is 0.267 e. The fourth-order valence-electron chi connectivity index (χ4n) is 3.92. The summed E-state index contributed by atoms with van der Waals surface area (Å²) in [4.78, 5) is 13.6. The molecule has 0 atom stereocenters. The van der Waals surface area contributed by atoms with E-state index in [0.29, 0.717) is 50.5 Å². The molecule has 9 heteroatoms. The van der Waals surface area contributed by atoms with E-state index in [9.17, 15) is 4.79 Å². The number of ether oxygens (including phenoxy) is 3. The van der Waals surface area contributed by atoms with Crippen molar-refractivity contribution in [2.75, 3.05) is 21.3 Å². The second-order valence-corrected chi connectivity index (χ2v) is 7.64. The maximum Gasteiger partial charge on any atom is 0.267 e. The molecule has 2 heterocycles. The number of para-hydroxylation sites is 1. The molecule has 166 valence electrons. The minimum atomic E-state index is -0.248. The normalized spacial score (nSPS) is 11.2. The number of rotatable bonds is 5. The van der Waals surface area contributed by atoms with Gasteiger partial charge >= 0.3 is 0 Å². The Morgan fingerprint density at radius 1 is 0.848 bits per heavy atom. The largest absolute Gasteiger partial charge is 0.493 e. The Morgan fingerprint density at radius 3 is 2.15 bits per heavy atom. The number of nitrogens with zero attached hydrogens (tertiary/aromatic N) is 4. The fraction of sp³-hybridized carbons (Fsp3) is 0.125. The van der Waals surface area contributed by atoms with Crippen molar-refractivity contribution in [3.8, 4) is 34.3 Å². The number of halogens is 1. The monoisotopic (exact) mass is 462 g/mol.